The van der Waals surface area contributed by atoms with Crippen molar-refractivity contribution in [2.24, 2.45) is 5.73 Å². The van der Waals surface area contributed by atoms with Crippen LogP contribution in [0.4, 0.5) is 5.82 Å². The maximum atomic E-state index is 13.2. The van der Waals surface area contributed by atoms with Gasteiger partial charge in [-0.2, -0.15) is 0 Å². The summed E-state index contributed by atoms with van der Waals surface area (Å²) in [6, 6.07) is 16.1. The summed E-state index contributed by atoms with van der Waals surface area (Å²) in [7, 11) is 0. The van der Waals surface area contributed by atoms with Crippen molar-refractivity contribution in [1.82, 2.24) is 15.6 Å². The Labute approximate surface area is 240 Å². The Kier molecular flexibility index (Phi) is 7.78. The molecule has 1 aromatic heterocycles. The minimum absolute atomic E-state index is 0.0250. The summed E-state index contributed by atoms with van der Waals surface area (Å²) in [4.78, 5) is 33.0. The molecule has 0 aliphatic carbocycles. The number of ether oxygens (including phenoxy) is 2. The second-order valence-electron chi connectivity index (χ2n) is 11.1. The predicted molar refractivity (Wildman–Crippen MR) is 157 cm³/mol. The summed E-state index contributed by atoms with van der Waals surface area (Å²) < 4.78 is 11.3. The van der Waals surface area contributed by atoms with Crippen molar-refractivity contribution in [3.05, 3.63) is 82.5 Å². The van der Waals surface area contributed by atoms with Crippen molar-refractivity contribution >= 4 is 17.6 Å². The fourth-order valence-corrected chi connectivity index (χ4v) is 6.42. The normalized spacial score (nSPS) is 20.7. The summed E-state index contributed by atoms with van der Waals surface area (Å²) in [6.07, 6.45) is 6.46. The van der Waals surface area contributed by atoms with Gasteiger partial charge in [-0.15, -0.1) is 0 Å². The van der Waals surface area contributed by atoms with Crippen LogP contribution in [0.3, 0.4) is 0 Å². The first kappa shape index (κ1) is 27.1. The zero-order valence-electron chi connectivity index (χ0n) is 23.4. The van der Waals surface area contributed by atoms with E-state index in [0.717, 1.165) is 60.5 Å². The van der Waals surface area contributed by atoms with E-state index in [4.69, 9.17) is 15.2 Å². The fourth-order valence-electron chi connectivity index (χ4n) is 6.42. The average molecular weight is 556 g/mol. The van der Waals surface area contributed by atoms with Crippen LogP contribution < -0.4 is 30.7 Å². The molecule has 214 valence electrons. The number of hydrogen-bond acceptors (Lipinski definition) is 7. The number of benzene rings is 2. The first-order chi connectivity index (χ1) is 20.0. The van der Waals surface area contributed by atoms with Crippen LogP contribution in [-0.4, -0.2) is 54.7 Å². The average Bonchev–Trinajstić information content (AvgIpc) is 3.58. The molecule has 41 heavy (non-hydrogen) atoms. The summed E-state index contributed by atoms with van der Waals surface area (Å²) in [5, 5.41) is 6.26. The highest BCUT2D eigenvalue weighted by Gasteiger charge is 2.42. The number of pyridine rings is 1. The second kappa shape index (κ2) is 11.8. The molecule has 2 saturated heterocycles. The number of fused-ring (bicyclic) bond motifs is 3. The summed E-state index contributed by atoms with van der Waals surface area (Å²) >= 11 is 0. The van der Waals surface area contributed by atoms with Gasteiger partial charge >= 0.3 is 0 Å². The molecular formula is C32H37N5O4. The van der Waals surface area contributed by atoms with E-state index in [1.165, 1.54) is 5.56 Å². The molecule has 4 heterocycles. The van der Waals surface area contributed by atoms with Crippen LogP contribution in [0.15, 0.2) is 54.7 Å². The summed E-state index contributed by atoms with van der Waals surface area (Å²) in [6.45, 7) is 4.01. The zero-order chi connectivity index (χ0) is 28.3. The first-order valence-corrected chi connectivity index (χ1v) is 14.5. The highest BCUT2D eigenvalue weighted by atomic mass is 16.5. The Morgan fingerprint density at radius 2 is 1.83 bits per heavy atom. The first-order valence-electron chi connectivity index (χ1n) is 14.5. The molecule has 2 aromatic carbocycles. The Hall–Kier alpha value is -4.11. The number of rotatable bonds is 9. The molecule has 2 atom stereocenters. The molecule has 0 spiro atoms. The van der Waals surface area contributed by atoms with Gasteiger partial charge in [0.05, 0.1) is 12.2 Å². The number of aromatic nitrogens is 1. The molecule has 0 saturated carbocycles. The van der Waals surface area contributed by atoms with E-state index in [-0.39, 0.29) is 17.9 Å². The maximum absolute atomic E-state index is 13.2. The lowest BCUT2D eigenvalue weighted by molar-refractivity contribution is 0.0923. The van der Waals surface area contributed by atoms with Crippen LogP contribution in [0.2, 0.25) is 0 Å². The highest BCUT2D eigenvalue weighted by Crippen LogP contribution is 2.39. The van der Waals surface area contributed by atoms with Gasteiger partial charge in [-0.05, 0) is 74.1 Å². The van der Waals surface area contributed by atoms with Crippen LogP contribution in [0, 0.1) is 6.92 Å². The van der Waals surface area contributed by atoms with E-state index >= 15 is 0 Å². The van der Waals surface area contributed by atoms with Gasteiger partial charge in [0.2, 0.25) is 0 Å². The third-order valence-electron chi connectivity index (χ3n) is 8.46. The highest BCUT2D eigenvalue weighted by molar-refractivity contribution is 5.97. The van der Waals surface area contributed by atoms with Crippen molar-refractivity contribution in [2.75, 3.05) is 24.7 Å². The third-order valence-corrected chi connectivity index (χ3v) is 8.46. The van der Waals surface area contributed by atoms with E-state index in [1.54, 1.807) is 6.20 Å². The van der Waals surface area contributed by atoms with Gasteiger partial charge in [0.25, 0.3) is 11.8 Å². The number of piperidine rings is 1. The lowest BCUT2D eigenvalue weighted by Crippen LogP contribution is -2.50. The number of carbonyl (C=O) groups excluding carboxylic acids is 2. The number of carbonyl (C=O) groups is 2. The Balaban J connectivity index is 1.03. The van der Waals surface area contributed by atoms with Gasteiger partial charge in [-0.25, -0.2) is 4.98 Å². The topological polar surface area (TPSA) is 119 Å². The van der Waals surface area contributed by atoms with Crippen LogP contribution >= 0.6 is 0 Å². The lowest BCUT2D eigenvalue weighted by Gasteiger charge is -2.40. The number of nitrogens with two attached hydrogens (primary N) is 1. The molecule has 9 nitrogen and oxygen atoms in total. The molecule has 2 unspecified atom stereocenters. The SMILES string of the molecule is Cc1c(C(=O)NC2CC3CCC(C2)N3c2ccc(C(=O)NCc3ccc(OCCN)cc3)cn2)ccc2c1OCC2. The molecule has 9 heteroatoms. The number of amides is 2. The Bertz CT molecular complexity index is 1390. The summed E-state index contributed by atoms with van der Waals surface area (Å²) in [5.74, 6) is 2.33. The molecule has 0 radical (unpaired) electrons. The van der Waals surface area contributed by atoms with Crippen molar-refractivity contribution in [3.8, 4) is 11.5 Å². The van der Waals surface area contributed by atoms with Crippen molar-refractivity contribution in [1.29, 1.82) is 0 Å². The minimum atomic E-state index is -0.163. The van der Waals surface area contributed by atoms with Gasteiger partial charge in [-0.1, -0.05) is 18.2 Å². The molecule has 2 fully saturated rings. The molecule has 3 aromatic rings. The van der Waals surface area contributed by atoms with Gasteiger partial charge in [-0.3, -0.25) is 9.59 Å². The Morgan fingerprint density at radius 1 is 1.05 bits per heavy atom. The van der Waals surface area contributed by atoms with Gasteiger partial charge in [0.15, 0.2) is 0 Å². The number of nitrogens with one attached hydrogen (secondary N) is 2. The third kappa shape index (κ3) is 5.72. The molecular weight excluding hydrogens is 518 g/mol. The van der Waals surface area contributed by atoms with Crippen molar-refractivity contribution in [3.63, 3.8) is 0 Å². The van der Waals surface area contributed by atoms with Crippen molar-refractivity contribution in [2.45, 2.75) is 63.7 Å². The fraction of sp³-hybridized carbons (Fsp3) is 0.406. The number of anilines is 1. The largest absolute Gasteiger partial charge is 0.493 e. The zero-order valence-corrected chi connectivity index (χ0v) is 23.4. The van der Waals surface area contributed by atoms with Crippen LogP contribution in [0.5, 0.6) is 11.5 Å². The van der Waals surface area contributed by atoms with Gasteiger partial charge in [0.1, 0.15) is 23.9 Å². The minimum Gasteiger partial charge on any atom is -0.493 e. The van der Waals surface area contributed by atoms with E-state index in [2.05, 4.69) is 20.5 Å². The van der Waals surface area contributed by atoms with E-state index in [0.29, 0.717) is 49.5 Å². The smallest absolute Gasteiger partial charge is 0.253 e. The van der Waals surface area contributed by atoms with Crippen LogP contribution in [0.1, 0.15) is 63.1 Å². The monoisotopic (exact) mass is 555 g/mol. The quantitative estimate of drug-likeness (QED) is 0.370. The standard InChI is InChI=1S/C32H37N5O4/c1-20-28(10-4-22-12-14-41-30(20)22)32(39)36-24-16-25-6-7-26(17-24)37(25)29-11-5-23(19-34-29)31(38)35-18-21-2-8-27(9-3-21)40-15-13-33/h2-5,8-11,19,24-26H,6-7,12-18,33H2,1H3,(H,35,38)(H,36,39). The molecule has 6 rings (SSSR count). The van der Waals surface area contributed by atoms with E-state index < -0.39 is 0 Å². The predicted octanol–water partition coefficient (Wildman–Crippen LogP) is 3.52. The summed E-state index contributed by atoms with van der Waals surface area (Å²) in [5.41, 5.74) is 9.79. The molecule has 3 aliphatic rings. The maximum Gasteiger partial charge on any atom is 0.253 e. The van der Waals surface area contributed by atoms with E-state index in [9.17, 15) is 9.59 Å². The molecule has 2 bridgehead atoms. The van der Waals surface area contributed by atoms with Gasteiger partial charge < -0.3 is 30.7 Å². The Morgan fingerprint density at radius 3 is 2.54 bits per heavy atom. The van der Waals surface area contributed by atoms with Crippen molar-refractivity contribution < 1.29 is 19.1 Å². The van der Waals surface area contributed by atoms with Crippen LogP contribution in [0.25, 0.3) is 0 Å². The van der Waals surface area contributed by atoms with Gasteiger partial charge in [0, 0.05) is 55.0 Å². The second-order valence-corrected chi connectivity index (χ2v) is 11.1. The molecule has 4 N–H and O–H groups in total. The van der Waals surface area contributed by atoms with Crippen LogP contribution in [-0.2, 0) is 13.0 Å². The molecule has 3 aliphatic heterocycles. The molecule has 2 amide bonds. The number of nitrogens with zero attached hydrogens (tertiary/aromatic N) is 2. The van der Waals surface area contributed by atoms with E-state index in [1.807, 2.05) is 55.5 Å². The lowest BCUT2D eigenvalue weighted by atomic mass is 9.96. The number of hydrogen-bond donors (Lipinski definition) is 3.